The van der Waals surface area contributed by atoms with Crippen molar-refractivity contribution in [2.75, 3.05) is 6.61 Å². The second-order valence-corrected chi connectivity index (χ2v) is 5.80. The third kappa shape index (κ3) is 4.72. The van der Waals surface area contributed by atoms with Crippen molar-refractivity contribution >= 4 is 29.3 Å². The Kier molecular flexibility index (Phi) is 7.07. The lowest BCUT2D eigenvalue weighted by Crippen LogP contribution is -1.96. The number of allylic oxidation sites excluding steroid dienone is 5. The maximum Gasteiger partial charge on any atom is 0.119 e. The molecule has 3 rings (SSSR count). The van der Waals surface area contributed by atoms with Crippen molar-refractivity contribution in [3.63, 3.8) is 0 Å². The van der Waals surface area contributed by atoms with Gasteiger partial charge in [-0.15, -0.1) is 12.4 Å². The Bertz CT molecular complexity index is 762. The molecule has 126 valence electrons. The molecular formula is C21H24ClNO. The molecule has 2 nitrogen and oxygen atoms in total. The molecule has 1 aromatic heterocycles. The second-order valence-electron chi connectivity index (χ2n) is 5.80. The van der Waals surface area contributed by atoms with Crippen LogP contribution in [0.2, 0.25) is 0 Å². The van der Waals surface area contributed by atoms with Gasteiger partial charge in [0.1, 0.15) is 5.75 Å². The summed E-state index contributed by atoms with van der Waals surface area (Å²) >= 11 is 0. The van der Waals surface area contributed by atoms with E-state index in [1.807, 2.05) is 18.3 Å². The summed E-state index contributed by atoms with van der Waals surface area (Å²) in [6.45, 7) is 2.95. The monoisotopic (exact) mass is 341 g/mol. The predicted molar refractivity (Wildman–Crippen MR) is 105 cm³/mol. The zero-order chi connectivity index (χ0) is 15.9. The number of benzene rings is 1. The SMILES string of the molecule is CCCCOc1ccc2c(C=CC3=CCCC=C3)nccc2c1.Cl. The molecule has 1 aliphatic rings. The van der Waals surface area contributed by atoms with E-state index in [2.05, 4.69) is 54.4 Å². The standard InChI is InChI=1S/C21H23NO.ClH/c1-2-3-15-23-19-10-11-20-18(16-19)13-14-22-21(20)12-9-17-7-5-4-6-8-17;/h5,7-14,16H,2-4,6,15H2,1H3;1H. The normalized spacial score (nSPS) is 13.8. The Morgan fingerprint density at radius 2 is 2.08 bits per heavy atom. The number of pyridine rings is 1. The van der Waals surface area contributed by atoms with Gasteiger partial charge in [-0.05, 0) is 60.6 Å². The van der Waals surface area contributed by atoms with Gasteiger partial charge >= 0.3 is 0 Å². The summed E-state index contributed by atoms with van der Waals surface area (Å²) in [5.41, 5.74) is 2.26. The van der Waals surface area contributed by atoms with Gasteiger partial charge in [-0.1, -0.05) is 37.6 Å². The van der Waals surface area contributed by atoms with E-state index in [1.54, 1.807) is 0 Å². The number of hydrogen-bond donors (Lipinski definition) is 0. The van der Waals surface area contributed by atoms with Gasteiger partial charge < -0.3 is 4.74 Å². The minimum Gasteiger partial charge on any atom is -0.494 e. The molecule has 0 aliphatic heterocycles. The lowest BCUT2D eigenvalue weighted by atomic mass is 10.0. The van der Waals surface area contributed by atoms with Crippen LogP contribution in [0.3, 0.4) is 0 Å². The fourth-order valence-electron chi connectivity index (χ4n) is 2.67. The van der Waals surface area contributed by atoms with Crippen LogP contribution in [0.1, 0.15) is 38.3 Å². The molecule has 0 unspecified atom stereocenters. The van der Waals surface area contributed by atoms with Crippen molar-refractivity contribution in [3.05, 3.63) is 66.0 Å². The van der Waals surface area contributed by atoms with E-state index in [9.17, 15) is 0 Å². The highest BCUT2D eigenvalue weighted by Crippen LogP contribution is 2.24. The number of fused-ring (bicyclic) bond motifs is 1. The van der Waals surface area contributed by atoms with Gasteiger partial charge in [-0.3, -0.25) is 4.98 Å². The summed E-state index contributed by atoms with van der Waals surface area (Å²) in [4.78, 5) is 4.52. The van der Waals surface area contributed by atoms with Gasteiger partial charge in [0, 0.05) is 11.6 Å². The Labute approximate surface area is 150 Å². The molecular weight excluding hydrogens is 318 g/mol. The minimum atomic E-state index is 0. The van der Waals surface area contributed by atoms with Crippen molar-refractivity contribution in [1.29, 1.82) is 0 Å². The van der Waals surface area contributed by atoms with Gasteiger partial charge in [0.2, 0.25) is 0 Å². The van der Waals surface area contributed by atoms with Crippen LogP contribution in [0.25, 0.3) is 16.8 Å². The van der Waals surface area contributed by atoms with E-state index < -0.39 is 0 Å². The van der Waals surface area contributed by atoms with Crippen LogP contribution >= 0.6 is 12.4 Å². The van der Waals surface area contributed by atoms with Crippen LogP contribution in [0.15, 0.2) is 60.3 Å². The summed E-state index contributed by atoms with van der Waals surface area (Å²) in [6, 6.07) is 8.29. The zero-order valence-corrected chi connectivity index (χ0v) is 14.9. The highest BCUT2D eigenvalue weighted by Gasteiger charge is 2.02. The first-order valence-corrected chi connectivity index (χ1v) is 8.43. The molecule has 1 aromatic carbocycles. The molecule has 0 amide bonds. The molecule has 0 saturated carbocycles. The fraction of sp³-hybridized carbons (Fsp3) is 0.286. The molecule has 1 heterocycles. The minimum absolute atomic E-state index is 0. The summed E-state index contributed by atoms with van der Waals surface area (Å²) in [7, 11) is 0. The van der Waals surface area contributed by atoms with Crippen LogP contribution in [0.5, 0.6) is 5.75 Å². The van der Waals surface area contributed by atoms with Crippen molar-refractivity contribution in [3.8, 4) is 5.75 Å². The first kappa shape index (κ1) is 18.3. The Morgan fingerprint density at radius 3 is 2.88 bits per heavy atom. The van der Waals surface area contributed by atoms with Gasteiger partial charge in [0.15, 0.2) is 0 Å². The molecule has 0 atom stereocenters. The van der Waals surface area contributed by atoms with E-state index in [4.69, 9.17) is 4.74 Å². The van der Waals surface area contributed by atoms with Crippen LogP contribution < -0.4 is 4.74 Å². The van der Waals surface area contributed by atoms with Crippen molar-refractivity contribution in [1.82, 2.24) is 4.98 Å². The predicted octanol–water partition coefficient (Wildman–Crippen LogP) is 6.13. The topological polar surface area (TPSA) is 22.1 Å². The smallest absolute Gasteiger partial charge is 0.119 e. The van der Waals surface area contributed by atoms with Crippen molar-refractivity contribution in [2.45, 2.75) is 32.6 Å². The lowest BCUT2D eigenvalue weighted by molar-refractivity contribution is 0.310. The molecule has 24 heavy (non-hydrogen) atoms. The molecule has 2 aromatic rings. The zero-order valence-electron chi connectivity index (χ0n) is 14.1. The number of ether oxygens (including phenoxy) is 1. The molecule has 0 bridgehead atoms. The van der Waals surface area contributed by atoms with Gasteiger partial charge in [-0.25, -0.2) is 0 Å². The Morgan fingerprint density at radius 1 is 1.17 bits per heavy atom. The van der Waals surface area contributed by atoms with Crippen LogP contribution in [-0.2, 0) is 0 Å². The third-order valence-electron chi connectivity index (χ3n) is 3.99. The summed E-state index contributed by atoms with van der Waals surface area (Å²) < 4.78 is 5.79. The van der Waals surface area contributed by atoms with E-state index in [1.165, 1.54) is 11.0 Å². The highest BCUT2D eigenvalue weighted by atomic mass is 35.5. The van der Waals surface area contributed by atoms with Gasteiger partial charge in [-0.2, -0.15) is 0 Å². The molecule has 0 saturated heterocycles. The summed E-state index contributed by atoms with van der Waals surface area (Å²) in [5.74, 6) is 0.935. The maximum absolute atomic E-state index is 5.79. The molecule has 3 heteroatoms. The van der Waals surface area contributed by atoms with Gasteiger partial charge in [0.25, 0.3) is 0 Å². The van der Waals surface area contributed by atoms with E-state index >= 15 is 0 Å². The highest BCUT2D eigenvalue weighted by molar-refractivity contribution is 5.90. The fourth-order valence-corrected chi connectivity index (χ4v) is 2.67. The third-order valence-corrected chi connectivity index (χ3v) is 3.99. The Balaban J connectivity index is 0.00000208. The molecule has 0 radical (unpaired) electrons. The maximum atomic E-state index is 5.79. The number of unbranched alkanes of at least 4 members (excludes halogenated alkanes) is 1. The Hall–Kier alpha value is -2.06. The molecule has 1 aliphatic carbocycles. The molecule has 0 fully saturated rings. The molecule has 0 spiro atoms. The number of halogens is 1. The second kappa shape index (κ2) is 9.29. The van der Waals surface area contributed by atoms with E-state index in [0.717, 1.165) is 49.1 Å². The number of hydrogen-bond acceptors (Lipinski definition) is 2. The summed E-state index contributed by atoms with van der Waals surface area (Å²) in [6.07, 6.45) is 17.3. The number of rotatable bonds is 6. The summed E-state index contributed by atoms with van der Waals surface area (Å²) in [5, 5.41) is 2.33. The largest absolute Gasteiger partial charge is 0.494 e. The van der Waals surface area contributed by atoms with Crippen LogP contribution in [-0.4, -0.2) is 11.6 Å². The average Bonchev–Trinajstić information content (AvgIpc) is 2.61. The lowest BCUT2D eigenvalue weighted by Gasteiger charge is -2.08. The first-order chi connectivity index (χ1) is 11.4. The average molecular weight is 342 g/mol. The van der Waals surface area contributed by atoms with E-state index in [-0.39, 0.29) is 12.4 Å². The van der Waals surface area contributed by atoms with Crippen LogP contribution in [0.4, 0.5) is 0 Å². The van der Waals surface area contributed by atoms with Gasteiger partial charge in [0.05, 0.1) is 12.3 Å². The van der Waals surface area contributed by atoms with Crippen LogP contribution in [0, 0.1) is 0 Å². The molecule has 0 N–H and O–H groups in total. The first-order valence-electron chi connectivity index (χ1n) is 8.43. The number of nitrogens with zero attached hydrogens (tertiary/aromatic N) is 1. The van der Waals surface area contributed by atoms with Crippen molar-refractivity contribution < 1.29 is 4.74 Å². The van der Waals surface area contributed by atoms with E-state index in [0.29, 0.717) is 0 Å². The quantitative estimate of drug-likeness (QED) is 0.590. The number of aromatic nitrogens is 1. The van der Waals surface area contributed by atoms with Crippen molar-refractivity contribution in [2.24, 2.45) is 0 Å².